The molecule has 154 valence electrons. The van der Waals surface area contributed by atoms with Gasteiger partial charge in [0.05, 0.1) is 17.3 Å². The number of rotatable bonds is 6. The molecule has 5 rings (SSSR count). The summed E-state index contributed by atoms with van der Waals surface area (Å²) in [4.78, 5) is 13.4. The number of anilines is 1. The number of aromatic nitrogens is 3. The lowest BCUT2D eigenvalue weighted by molar-refractivity contribution is 0.102. The summed E-state index contributed by atoms with van der Waals surface area (Å²) in [6.45, 7) is 0. The molecule has 5 aromatic rings. The standard InChI is InChI=1S/C23H18N4O2S2/c1-29-18-12-10-17(11-13-18)24-21(28)16-8-6-15(7-9-16)14-30-22-25-26-23-27(22)19-4-2-3-5-20(19)31-23/h2-13H,14H2,1H3,(H,24,28). The molecule has 0 aliphatic carbocycles. The van der Waals surface area contributed by atoms with E-state index >= 15 is 0 Å². The second-order valence-electron chi connectivity index (χ2n) is 6.84. The van der Waals surface area contributed by atoms with Crippen LogP contribution in [0.3, 0.4) is 0 Å². The number of carbonyl (C=O) groups is 1. The molecule has 1 N–H and O–H groups in total. The predicted octanol–water partition coefficient (Wildman–Crippen LogP) is 5.50. The Hall–Kier alpha value is -3.36. The van der Waals surface area contributed by atoms with Crippen molar-refractivity contribution in [3.8, 4) is 5.75 Å². The zero-order chi connectivity index (χ0) is 21.2. The summed E-state index contributed by atoms with van der Waals surface area (Å²) in [5.74, 6) is 1.35. The summed E-state index contributed by atoms with van der Waals surface area (Å²) in [7, 11) is 1.61. The SMILES string of the molecule is COc1ccc(NC(=O)c2ccc(CSc3nnc4sc5ccccc5n34)cc2)cc1. The number of hydrogen-bond acceptors (Lipinski definition) is 6. The van der Waals surface area contributed by atoms with Crippen molar-refractivity contribution in [1.82, 2.24) is 14.6 Å². The number of methoxy groups -OCH3 is 1. The minimum absolute atomic E-state index is 0.145. The van der Waals surface area contributed by atoms with Crippen LogP contribution in [-0.2, 0) is 5.75 Å². The van der Waals surface area contributed by atoms with E-state index in [2.05, 4.69) is 32.0 Å². The van der Waals surface area contributed by atoms with Crippen LogP contribution in [0.1, 0.15) is 15.9 Å². The molecule has 0 aliphatic rings. The highest BCUT2D eigenvalue weighted by atomic mass is 32.2. The highest BCUT2D eigenvalue weighted by Crippen LogP contribution is 2.30. The molecular weight excluding hydrogens is 428 g/mol. The van der Waals surface area contributed by atoms with E-state index in [0.717, 1.165) is 38.4 Å². The number of hydrogen-bond donors (Lipinski definition) is 1. The molecule has 0 fully saturated rings. The molecule has 0 saturated carbocycles. The number of thiazole rings is 1. The van der Waals surface area contributed by atoms with E-state index in [9.17, 15) is 4.79 Å². The van der Waals surface area contributed by atoms with E-state index in [1.165, 1.54) is 4.70 Å². The predicted molar refractivity (Wildman–Crippen MR) is 125 cm³/mol. The van der Waals surface area contributed by atoms with Crippen molar-refractivity contribution in [3.63, 3.8) is 0 Å². The Morgan fingerprint density at radius 2 is 1.81 bits per heavy atom. The van der Waals surface area contributed by atoms with Crippen LogP contribution in [0.15, 0.2) is 78.0 Å². The van der Waals surface area contributed by atoms with Crippen molar-refractivity contribution in [3.05, 3.63) is 83.9 Å². The number of nitrogens with zero attached hydrogens (tertiary/aromatic N) is 3. The molecule has 0 bridgehead atoms. The fourth-order valence-corrected chi connectivity index (χ4v) is 5.15. The maximum atomic E-state index is 12.5. The monoisotopic (exact) mass is 446 g/mol. The maximum absolute atomic E-state index is 12.5. The molecule has 0 unspecified atom stereocenters. The van der Waals surface area contributed by atoms with E-state index in [1.807, 2.05) is 60.7 Å². The molecule has 0 atom stereocenters. The van der Waals surface area contributed by atoms with Crippen molar-refractivity contribution in [2.75, 3.05) is 12.4 Å². The van der Waals surface area contributed by atoms with Gasteiger partial charge in [0.25, 0.3) is 5.91 Å². The van der Waals surface area contributed by atoms with Gasteiger partial charge in [0.1, 0.15) is 5.75 Å². The lowest BCUT2D eigenvalue weighted by atomic mass is 10.1. The Balaban J connectivity index is 1.26. The molecule has 31 heavy (non-hydrogen) atoms. The molecule has 0 saturated heterocycles. The number of carbonyl (C=O) groups excluding carboxylic acids is 1. The van der Waals surface area contributed by atoms with E-state index < -0.39 is 0 Å². The van der Waals surface area contributed by atoms with Gasteiger partial charge in [0, 0.05) is 17.0 Å². The van der Waals surface area contributed by atoms with Gasteiger partial charge in [-0.15, -0.1) is 10.2 Å². The first kappa shape index (κ1) is 19.6. The second kappa shape index (κ2) is 8.41. The zero-order valence-electron chi connectivity index (χ0n) is 16.6. The molecule has 2 heterocycles. The van der Waals surface area contributed by atoms with Crippen LogP contribution >= 0.6 is 23.1 Å². The Labute approximate surface area is 186 Å². The number of para-hydroxylation sites is 1. The smallest absolute Gasteiger partial charge is 0.255 e. The second-order valence-corrected chi connectivity index (χ2v) is 8.79. The van der Waals surface area contributed by atoms with E-state index in [-0.39, 0.29) is 5.91 Å². The average Bonchev–Trinajstić information content (AvgIpc) is 3.38. The molecule has 3 aromatic carbocycles. The van der Waals surface area contributed by atoms with Crippen LogP contribution in [0.5, 0.6) is 5.75 Å². The van der Waals surface area contributed by atoms with Gasteiger partial charge in [0.2, 0.25) is 4.96 Å². The quantitative estimate of drug-likeness (QED) is 0.349. The number of benzene rings is 3. The van der Waals surface area contributed by atoms with Crippen LogP contribution in [0, 0.1) is 0 Å². The number of amides is 1. The summed E-state index contributed by atoms with van der Waals surface area (Å²) in [5, 5.41) is 12.4. The lowest BCUT2D eigenvalue weighted by Gasteiger charge is -2.07. The van der Waals surface area contributed by atoms with Crippen molar-refractivity contribution in [2.24, 2.45) is 0 Å². The van der Waals surface area contributed by atoms with E-state index in [1.54, 1.807) is 30.2 Å². The van der Waals surface area contributed by atoms with Gasteiger partial charge in [0.15, 0.2) is 5.16 Å². The summed E-state index contributed by atoms with van der Waals surface area (Å²) < 4.78 is 8.43. The van der Waals surface area contributed by atoms with Crippen molar-refractivity contribution in [2.45, 2.75) is 10.9 Å². The highest BCUT2D eigenvalue weighted by molar-refractivity contribution is 7.98. The third kappa shape index (κ3) is 3.99. The Morgan fingerprint density at radius 1 is 1.03 bits per heavy atom. The number of ether oxygens (including phenoxy) is 1. The van der Waals surface area contributed by atoms with E-state index in [0.29, 0.717) is 5.56 Å². The van der Waals surface area contributed by atoms with Crippen LogP contribution in [0.2, 0.25) is 0 Å². The Morgan fingerprint density at radius 3 is 2.58 bits per heavy atom. The van der Waals surface area contributed by atoms with Gasteiger partial charge in [-0.25, -0.2) is 0 Å². The zero-order valence-corrected chi connectivity index (χ0v) is 18.2. The topological polar surface area (TPSA) is 68.5 Å². The maximum Gasteiger partial charge on any atom is 0.255 e. The van der Waals surface area contributed by atoms with Gasteiger partial charge in [-0.05, 0) is 54.1 Å². The molecule has 1 amide bonds. The summed E-state index contributed by atoms with van der Waals surface area (Å²) in [6, 6.07) is 23.1. The number of fused-ring (bicyclic) bond motifs is 3. The molecular formula is C23H18N4O2S2. The van der Waals surface area contributed by atoms with Crippen molar-refractivity contribution in [1.29, 1.82) is 0 Å². The molecule has 2 aromatic heterocycles. The largest absolute Gasteiger partial charge is 0.497 e. The van der Waals surface area contributed by atoms with Crippen LogP contribution in [0.25, 0.3) is 15.2 Å². The van der Waals surface area contributed by atoms with Crippen molar-refractivity contribution < 1.29 is 9.53 Å². The summed E-state index contributed by atoms with van der Waals surface area (Å²) in [6.07, 6.45) is 0. The minimum atomic E-state index is -0.145. The highest BCUT2D eigenvalue weighted by Gasteiger charge is 2.13. The van der Waals surface area contributed by atoms with Crippen LogP contribution in [-0.4, -0.2) is 27.6 Å². The first-order valence-electron chi connectivity index (χ1n) is 9.61. The Bertz CT molecular complexity index is 1360. The molecule has 0 spiro atoms. The van der Waals surface area contributed by atoms with Gasteiger partial charge in [-0.3, -0.25) is 9.20 Å². The molecule has 0 aliphatic heterocycles. The average molecular weight is 447 g/mol. The normalized spacial score (nSPS) is 11.1. The summed E-state index contributed by atoms with van der Waals surface area (Å²) >= 11 is 3.27. The number of thioether (sulfide) groups is 1. The molecule has 6 nitrogen and oxygen atoms in total. The number of nitrogens with one attached hydrogen (secondary N) is 1. The van der Waals surface area contributed by atoms with Gasteiger partial charge < -0.3 is 10.1 Å². The lowest BCUT2D eigenvalue weighted by Crippen LogP contribution is -2.11. The van der Waals surface area contributed by atoms with Gasteiger partial charge >= 0.3 is 0 Å². The fraction of sp³-hybridized carbons (Fsp3) is 0.0870. The summed E-state index contributed by atoms with van der Waals surface area (Å²) in [5.41, 5.74) is 3.57. The van der Waals surface area contributed by atoms with Crippen LogP contribution in [0.4, 0.5) is 5.69 Å². The fourth-order valence-electron chi connectivity index (χ4n) is 3.23. The van der Waals surface area contributed by atoms with E-state index in [4.69, 9.17) is 4.74 Å². The molecule has 0 radical (unpaired) electrons. The third-order valence-corrected chi connectivity index (χ3v) is 6.86. The van der Waals surface area contributed by atoms with Gasteiger partial charge in [-0.2, -0.15) is 0 Å². The molecule has 8 heteroatoms. The van der Waals surface area contributed by atoms with Crippen molar-refractivity contribution >= 4 is 49.9 Å². The third-order valence-electron chi connectivity index (χ3n) is 4.84. The first-order valence-corrected chi connectivity index (χ1v) is 11.4. The first-order chi connectivity index (χ1) is 15.2. The van der Waals surface area contributed by atoms with Crippen LogP contribution < -0.4 is 10.1 Å². The Kier molecular flexibility index (Phi) is 5.31. The van der Waals surface area contributed by atoms with Gasteiger partial charge in [-0.1, -0.05) is 47.4 Å². The minimum Gasteiger partial charge on any atom is -0.497 e.